The summed E-state index contributed by atoms with van der Waals surface area (Å²) in [6.07, 6.45) is 0. The molecule has 0 unspecified atom stereocenters. The van der Waals surface area contributed by atoms with E-state index in [1.165, 1.54) is 26.2 Å². The zero-order valence-electron chi connectivity index (χ0n) is 13.3. The first-order valence-electron chi connectivity index (χ1n) is 6.97. The fourth-order valence-corrected chi connectivity index (χ4v) is 2.12. The molecule has 2 rings (SSSR count). The largest absolute Gasteiger partial charge is 0.495 e. The van der Waals surface area contributed by atoms with E-state index in [0.29, 0.717) is 17.1 Å². The summed E-state index contributed by atoms with van der Waals surface area (Å²) >= 11 is 0. The molecule has 2 N–H and O–H groups in total. The SMILES string of the molecule is COc1ccc(NC(C)=O)cc1Nc1ccc([N+](=O)[O-])cc1[N+](=O)[O-]. The van der Waals surface area contributed by atoms with Gasteiger partial charge in [-0.2, -0.15) is 0 Å². The number of nitrogens with zero attached hydrogens (tertiary/aromatic N) is 2. The Morgan fingerprint density at radius 1 is 1.04 bits per heavy atom. The summed E-state index contributed by atoms with van der Waals surface area (Å²) in [4.78, 5) is 31.7. The van der Waals surface area contributed by atoms with Crippen LogP contribution in [0.2, 0.25) is 0 Å². The molecule has 0 radical (unpaired) electrons. The molecule has 0 aromatic heterocycles. The molecule has 130 valence electrons. The number of amides is 1. The number of carbonyl (C=O) groups excluding carboxylic acids is 1. The van der Waals surface area contributed by atoms with Crippen molar-refractivity contribution in [1.82, 2.24) is 0 Å². The van der Waals surface area contributed by atoms with Gasteiger partial charge in [0.25, 0.3) is 11.4 Å². The minimum absolute atomic E-state index is 0.0499. The Labute approximate surface area is 141 Å². The number of nitro groups is 2. The van der Waals surface area contributed by atoms with Crippen molar-refractivity contribution in [2.24, 2.45) is 0 Å². The van der Waals surface area contributed by atoms with Crippen LogP contribution in [-0.4, -0.2) is 22.9 Å². The lowest BCUT2D eigenvalue weighted by Gasteiger charge is -2.13. The lowest BCUT2D eigenvalue weighted by Crippen LogP contribution is -2.06. The lowest BCUT2D eigenvalue weighted by molar-refractivity contribution is -0.393. The molecule has 2 aromatic rings. The molecule has 0 fully saturated rings. The van der Waals surface area contributed by atoms with Crippen molar-refractivity contribution in [2.75, 3.05) is 17.7 Å². The number of non-ortho nitro benzene ring substituents is 1. The van der Waals surface area contributed by atoms with Crippen molar-refractivity contribution in [3.63, 3.8) is 0 Å². The van der Waals surface area contributed by atoms with Crippen molar-refractivity contribution in [1.29, 1.82) is 0 Å². The Hall–Kier alpha value is -3.69. The second-order valence-electron chi connectivity index (χ2n) is 4.94. The number of benzene rings is 2. The van der Waals surface area contributed by atoms with E-state index in [2.05, 4.69) is 10.6 Å². The topological polar surface area (TPSA) is 137 Å². The van der Waals surface area contributed by atoms with Crippen LogP contribution >= 0.6 is 0 Å². The normalized spacial score (nSPS) is 10.0. The van der Waals surface area contributed by atoms with Crippen LogP contribution in [0.15, 0.2) is 36.4 Å². The molecular weight excluding hydrogens is 332 g/mol. The van der Waals surface area contributed by atoms with Gasteiger partial charge in [0.1, 0.15) is 11.4 Å². The third kappa shape index (κ3) is 4.19. The molecule has 0 saturated carbocycles. The van der Waals surface area contributed by atoms with Gasteiger partial charge in [-0.25, -0.2) is 0 Å². The quantitative estimate of drug-likeness (QED) is 0.605. The van der Waals surface area contributed by atoms with Crippen molar-refractivity contribution in [3.8, 4) is 5.75 Å². The standard InChI is InChI=1S/C15H14N4O6/c1-9(20)16-10-3-6-15(25-2)13(7-10)17-12-5-4-11(18(21)22)8-14(12)19(23)24/h3-8,17H,1-2H3,(H,16,20). The maximum Gasteiger partial charge on any atom is 0.299 e. The van der Waals surface area contributed by atoms with Crippen LogP contribution in [0.25, 0.3) is 0 Å². The Morgan fingerprint density at radius 2 is 1.76 bits per heavy atom. The van der Waals surface area contributed by atoms with Crippen LogP contribution in [0.5, 0.6) is 5.75 Å². The number of anilines is 3. The second kappa shape index (κ2) is 7.25. The highest BCUT2D eigenvalue weighted by Crippen LogP contribution is 2.35. The van der Waals surface area contributed by atoms with E-state index in [9.17, 15) is 25.0 Å². The highest BCUT2D eigenvalue weighted by molar-refractivity contribution is 5.90. The summed E-state index contributed by atoms with van der Waals surface area (Å²) < 4.78 is 5.19. The van der Waals surface area contributed by atoms with Crippen molar-refractivity contribution in [3.05, 3.63) is 56.6 Å². The summed E-state index contributed by atoms with van der Waals surface area (Å²) in [5.74, 6) is 0.0965. The van der Waals surface area contributed by atoms with Gasteiger partial charge < -0.3 is 15.4 Å². The van der Waals surface area contributed by atoms with E-state index < -0.39 is 21.2 Å². The number of hydrogen-bond donors (Lipinski definition) is 2. The average molecular weight is 346 g/mol. The molecule has 0 heterocycles. The molecular formula is C15H14N4O6. The summed E-state index contributed by atoms with van der Waals surface area (Å²) in [5, 5.41) is 27.4. The highest BCUT2D eigenvalue weighted by Gasteiger charge is 2.20. The van der Waals surface area contributed by atoms with Gasteiger partial charge in [-0.3, -0.25) is 25.0 Å². The highest BCUT2D eigenvalue weighted by atomic mass is 16.6. The van der Waals surface area contributed by atoms with Gasteiger partial charge in [-0.1, -0.05) is 0 Å². The maximum absolute atomic E-state index is 11.2. The van der Waals surface area contributed by atoms with E-state index in [-0.39, 0.29) is 11.6 Å². The Bertz CT molecular complexity index is 852. The number of rotatable bonds is 6. The van der Waals surface area contributed by atoms with Crippen LogP contribution in [0, 0.1) is 20.2 Å². The van der Waals surface area contributed by atoms with Gasteiger partial charge >= 0.3 is 0 Å². The van der Waals surface area contributed by atoms with Gasteiger partial charge in [-0.15, -0.1) is 0 Å². The third-order valence-corrected chi connectivity index (χ3v) is 3.18. The summed E-state index contributed by atoms with van der Waals surface area (Å²) in [6.45, 7) is 1.35. The zero-order valence-corrected chi connectivity index (χ0v) is 13.3. The monoisotopic (exact) mass is 346 g/mol. The van der Waals surface area contributed by atoms with Crippen LogP contribution in [0.4, 0.5) is 28.4 Å². The van der Waals surface area contributed by atoms with E-state index in [4.69, 9.17) is 4.74 Å². The van der Waals surface area contributed by atoms with Crippen molar-refractivity contribution >= 4 is 34.3 Å². The third-order valence-electron chi connectivity index (χ3n) is 3.18. The Morgan fingerprint density at radius 3 is 2.32 bits per heavy atom. The van der Waals surface area contributed by atoms with Crippen molar-refractivity contribution < 1.29 is 19.4 Å². The van der Waals surface area contributed by atoms with Gasteiger partial charge in [0.2, 0.25) is 5.91 Å². The predicted octanol–water partition coefficient (Wildman–Crippen LogP) is 3.21. The number of nitrogens with one attached hydrogen (secondary N) is 2. The number of hydrogen-bond acceptors (Lipinski definition) is 7. The van der Waals surface area contributed by atoms with E-state index in [1.807, 2.05) is 0 Å². The summed E-state index contributed by atoms with van der Waals surface area (Å²) in [7, 11) is 1.42. The molecule has 1 amide bonds. The number of carbonyl (C=O) groups is 1. The molecule has 0 atom stereocenters. The molecule has 10 nitrogen and oxygen atoms in total. The number of ether oxygens (including phenoxy) is 1. The average Bonchev–Trinajstić information content (AvgIpc) is 2.54. The molecule has 0 bridgehead atoms. The molecule has 0 aliphatic heterocycles. The minimum atomic E-state index is -0.723. The summed E-state index contributed by atoms with van der Waals surface area (Å²) in [6, 6.07) is 7.97. The molecule has 0 aliphatic carbocycles. The first kappa shape index (κ1) is 17.7. The van der Waals surface area contributed by atoms with Crippen LogP contribution in [0.3, 0.4) is 0 Å². The lowest BCUT2D eigenvalue weighted by atomic mass is 10.2. The molecule has 0 saturated heterocycles. The summed E-state index contributed by atoms with van der Waals surface area (Å²) in [5.41, 5.74) is 0.0114. The van der Waals surface area contributed by atoms with Gasteiger partial charge in [0, 0.05) is 18.7 Å². The van der Waals surface area contributed by atoms with Crippen LogP contribution < -0.4 is 15.4 Å². The van der Waals surface area contributed by atoms with E-state index in [0.717, 1.165) is 12.1 Å². The Kier molecular flexibility index (Phi) is 5.12. The zero-order chi connectivity index (χ0) is 18.6. The first-order valence-corrected chi connectivity index (χ1v) is 6.97. The smallest absolute Gasteiger partial charge is 0.299 e. The maximum atomic E-state index is 11.2. The van der Waals surface area contributed by atoms with Gasteiger partial charge in [0.15, 0.2) is 0 Å². The minimum Gasteiger partial charge on any atom is -0.495 e. The van der Waals surface area contributed by atoms with Gasteiger partial charge in [-0.05, 0) is 24.3 Å². The van der Waals surface area contributed by atoms with Gasteiger partial charge in [0.05, 0.1) is 28.7 Å². The number of nitro benzene ring substituents is 2. The van der Waals surface area contributed by atoms with Crippen LogP contribution in [-0.2, 0) is 4.79 Å². The predicted molar refractivity (Wildman–Crippen MR) is 90.3 cm³/mol. The molecule has 2 aromatic carbocycles. The molecule has 0 aliphatic rings. The fraction of sp³-hybridized carbons (Fsp3) is 0.133. The first-order chi connectivity index (χ1) is 11.8. The second-order valence-corrected chi connectivity index (χ2v) is 4.94. The molecule has 10 heteroatoms. The fourth-order valence-electron chi connectivity index (χ4n) is 2.12. The van der Waals surface area contributed by atoms with Crippen LogP contribution in [0.1, 0.15) is 6.92 Å². The van der Waals surface area contributed by atoms with E-state index >= 15 is 0 Å². The van der Waals surface area contributed by atoms with Crippen molar-refractivity contribution in [2.45, 2.75) is 6.92 Å². The number of methoxy groups -OCH3 is 1. The Balaban J connectivity index is 2.46. The molecule has 0 spiro atoms. The van der Waals surface area contributed by atoms with E-state index in [1.54, 1.807) is 12.1 Å². The molecule has 25 heavy (non-hydrogen) atoms.